The summed E-state index contributed by atoms with van der Waals surface area (Å²) in [4.78, 5) is 2.81. The predicted octanol–water partition coefficient (Wildman–Crippen LogP) is 5.08. The Labute approximate surface area is 163 Å². The number of aryl methyl sites for hydroxylation is 1. The maximum absolute atomic E-state index is 10.1. The van der Waals surface area contributed by atoms with E-state index in [2.05, 4.69) is 47.4 Å². The van der Waals surface area contributed by atoms with Crippen LogP contribution in [-0.2, 0) is 18.3 Å². The summed E-state index contributed by atoms with van der Waals surface area (Å²) in [6, 6.07) is 17.8. The molecule has 2 aromatic rings. The number of nitrogens with zero attached hydrogens (tertiary/aromatic N) is 1. The van der Waals surface area contributed by atoms with E-state index in [0.717, 1.165) is 5.92 Å². The quantitative estimate of drug-likeness (QED) is 0.820. The average molecular weight is 362 g/mol. The van der Waals surface area contributed by atoms with Crippen molar-refractivity contribution in [2.75, 3.05) is 13.1 Å². The molecule has 5 rings (SSSR count). The second kappa shape index (κ2) is 6.98. The minimum Gasteiger partial charge on any atom is -0.508 e. The largest absolute Gasteiger partial charge is 0.508 e. The summed E-state index contributed by atoms with van der Waals surface area (Å²) in [6.45, 7) is 2.45. The molecule has 2 bridgehead atoms. The van der Waals surface area contributed by atoms with Crippen molar-refractivity contribution >= 4 is 0 Å². The van der Waals surface area contributed by atoms with E-state index in [-0.39, 0.29) is 0 Å². The van der Waals surface area contributed by atoms with Gasteiger partial charge in [-0.2, -0.15) is 0 Å². The van der Waals surface area contributed by atoms with Gasteiger partial charge in [0.2, 0.25) is 0 Å². The summed E-state index contributed by atoms with van der Waals surface area (Å²) >= 11 is 0. The predicted molar refractivity (Wildman–Crippen MR) is 110 cm³/mol. The van der Waals surface area contributed by atoms with E-state index >= 15 is 0 Å². The highest BCUT2D eigenvalue weighted by Crippen LogP contribution is 2.56. The maximum atomic E-state index is 10.1. The lowest BCUT2D eigenvalue weighted by Gasteiger charge is -2.59. The number of fused-ring (bicyclic) bond motifs is 1. The molecule has 0 radical (unpaired) electrons. The van der Waals surface area contributed by atoms with Crippen LogP contribution < -0.4 is 0 Å². The van der Waals surface area contributed by atoms with Gasteiger partial charge in [0.05, 0.1) is 0 Å². The fourth-order valence-electron chi connectivity index (χ4n) is 6.48. The monoisotopic (exact) mass is 361 g/mol. The van der Waals surface area contributed by atoms with Crippen LogP contribution in [0.25, 0.3) is 0 Å². The van der Waals surface area contributed by atoms with Gasteiger partial charge in [0, 0.05) is 11.5 Å². The summed E-state index contributed by atoms with van der Waals surface area (Å²) in [5.41, 5.74) is 4.80. The number of hydrogen-bond acceptors (Lipinski definition) is 2. The maximum Gasteiger partial charge on any atom is 0.115 e. The molecule has 1 aliphatic heterocycles. The number of aromatic hydroxyl groups is 1. The Kier molecular flexibility index (Phi) is 4.47. The van der Waals surface area contributed by atoms with Crippen LogP contribution >= 0.6 is 0 Å². The van der Waals surface area contributed by atoms with E-state index in [1.807, 2.05) is 6.07 Å². The van der Waals surface area contributed by atoms with Gasteiger partial charge >= 0.3 is 0 Å². The molecule has 0 amide bonds. The third-order valence-corrected chi connectivity index (χ3v) is 7.69. The van der Waals surface area contributed by atoms with Crippen LogP contribution in [-0.4, -0.2) is 29.1 Å². The molecule has 0 unspecified atom stereocenters. The molecule has 2 heteroatoms. The van der Waals surface area contributed by atoms with Gasteiger partial charge < -0.3 is 5.11 Å². The van der Waals surface area contributed by atoms with Crippen LogP contribution in [0.4, 0.5) is 0 Å². The van der Waals surface area contributed by atoms with Crippen molar-refractivity contribution < 1.29 is 5.11 Å². The van der Waals surface area contributed by atoms with Crippen molar-refractivity contribution in [3.63, 3.8) is 0 Å². The zero-order valence-electron chi connectivity index (χ0n) is 16.2. The molecule has 3 atom stereocenters. The molecule has 1 saturated carbocycles. The average Bonchev–Trinajstić information content (AvgIpc) is 2.71. The van der Waals surface area contributed by atoms with Crippen LogP contribution in [0.5, 0.6) is 5.75 Å². The topological polar surface area (TPSA) is 23.5 Å². The number of likely N-dealkylation sites (tertiary alicyclic amines) is 1. The van der Waals surface area contributed by atoms with E-state index in [9.17, 15) is 5.11 Å². The second-order valence-electron chi connectivity index (χ2n) is 9.00. The summed E-state index contributed by atoms with van der Waals surface area (Å²) < 4.78 is 0. The van der Waals surface area contributed by atoms with Gasteiger partial charge in [-0.25, -0.2) is 0 Å². The van der Waals surface area contributed by atoms with Gasteiger partial charge in [0.1, 0.15) is 5.75 Å². The first-order chi connectivity index (χ1) is 13.3. The van der Waals surface area contributed by atoms with E-state index in [4.69, 9.17) is 0 Å². The summed E-state index contributed by atoms with van der Waals surface area (Å²) in [5.74, 6) is 1.24. The first-order valence-electron chi connectivity index (χ1n) is 10.9. The standard InChI is InChI=1S/C25H31NO/c27-21-12-11-20-17-24-22-10-4-5-13-25(22,23(20)18-21)14-16-26(24)15-6-9-19-7-2-1-3-8-19/h1-3,7-8,11-12,18,22,24,27H,4-6,9-10,13-17H2/t22-,24-,25-/m0/s1. The summed E-state index contributed by atoms with van der Waals surface area (Å²) in [6.07, 6.45) is 10.3. The third-order valence-electron chi connectivity index (χ3n) is 7.69. The molecule has 1 heterocycles. The van der Waals surface area contributed by atoms with Crippen molar-refractivity contribution in [2.45, 2.75) is 62.8 Å². The molecule has 1 saturated heterocycles. The molecular formula is C25H31NO. The number of phenolic OH excluding ortho intramolecular Hbond substituents is 1. The molecule has 1 N–H and O–H groups in total. The lowest BCUT2D eigenvalue weighted by Crippen LogP contribution is -2.61. The Morgan fingerprint density at radius 1 is 1.04 bits per heavy atom. The molecule has 3 aliphatic rings. The van der Waals surface area contributed by atoms with Gasteiger partial charge in [-0.1, -0.05) is 49.2 Å². The van der Waals surface area contributed by atoms with Crippen LogP contribution in [0.1, 0.15) is 55.2 Å². The molecule has 2 aromatic carbocycles. The van der Waals surface area contributed by atoms with Crippen LogP contribution in [0.3, 0.4) is 0 Å². The number of benzene rings is 2. The number of rotatable bonds is 4. The van der Waals surface area contributed by atoms with Crippen molar-refractivity contribution in [2.24, 2.45) is 5.92 Å². The van der Waals surface area contributed by atoms with E-state index in [0.29, 0.717) is 17.2 Å². The number of phenols is 1. The number of piperidine rings is 1. The smallest absolute Gasteiger partial charge is 0.115 e. The molecule has 2 nitrogen and oxygen atoms in total. The lowest BCUT2D eigenvalue weighted by molar-refractivity contribution is -0.0116. The molecule has 0 spiro atoms. The highest BCUT2D eigenvalue weighted by atomic mass is 16.3. The van der Waals surface area contributed by atoms with Crippen molar-refractivity contribution in [1.29, 1.82) is 0 Å². The van der Waals surface area contributed by atoms with Crippen LogP contribution in [0.15, 0.2) is 48.5 Å². The highest BCUT2D eigenvalue weighted by Gasteiger charge is 2.53. The lowest BCUT2D eigenvalue weighted by atomic mass is 9.52. The highest BCUT2D eigenvalue weighted by molar-refractivity contribution is 5.45. The Morgan fingerprint density at radius 3 is 2.81 bits per heavy atom. The summed E-state index contributed by atoms with van der Waals surface area (Å²) in [5, 5.41) is 10.1. The van der Waals surface area contributed by atoms with Crippen LogP contribution in [0, 0.1) is 5.92 Å². The SMILES string of the molecule is Oc1ccc2c(c1)[C@]13CCCC[C@H]1[C@H](C2)N(CCCc1ccccc1)CC3. The Morgan fingerprint density at radius 2 is 1.93 bits per heavy atom. The first-order valence-corrected chi connectivity index (χ1v) is 10.9. The minimum absolute atomic E-state index is 0.338. The third kappa shape index (κ3) is 2.99. The number of hydrogen-bond donors (Lipinski definition) is 1. The Bertz CT molecular complexity index is 801. The molecule has 0 aromatic heterocycles. The first kappa shape index (κ1) is 17.3. The van der Waals surface area contributed by atoms with Crippen molar-refractivity contribution in [3.05, 3.63) is 65.2 Å². The fourth-order valence-corrected chi connectivity index (χ4v) is 6.48. The Hall–Kier alpha value is -1.80. The van der Waals surface area contributed by atoms with E-state index < -0.39 is 0 Å². The van der Waals surface area contributed by atoms with Gasteiger partial charge in [-0.05, 0) is 86.4 Å². The van der Waals surface area contributed by atoms with Gasteiger partial charge in [-0.3, -0.25) is 4.90 Å². The second-order valence-corrected chi connectivity index (χ2v) is 9.00. The Balaban J connectivity index is 1.37. The van der Waals surface area contributed by atoms with Crippen molar-refractivity contribution in [3.8, 4) is 5.75 Å². The van der Waals surface area contributed by atoms with Crippen molar-refractivity contribution in [1.82, 2.24) is 4.90 Å². The van der Waals surface area contributed by atoms with Gasteiger partial charge in [-0.15, -0.1) is 0 Å². The fraction of sp³-hybridized carbons (Fsp3) is 0.520. The minimum atomic E-state index is 0.338. The zero-order valence-corrected chi connectivity index (χ0v) is 16.2. The molecule has 27 heavy (non-hydrogen) atoms. The normalized spacial score (nSPS) is 29.8. The van der Waals surface area contributed by atoms with E-state index in [1.165, 1.54) is 81.1 Å². The van der Waals surface area contributed by atoms with Gasteiger partial charge in [0.25, 0.3) is 0 Å². The van der Waals surface area contributed by atoms with Gasteiger partial charge in [0.15, 0.2) is 0 Å². The molecule has 2 fully saturated rings. The molecule has 2 aliphatic carbocycles. The van der Waals surface area contributed by atoms with Crippen LogP contribution in [0.2, 0.25) is 0 Å². The zero-order chi connectivity index (χ0) is 18.3. The van der Waals surface area contributed by atoms with E-state index in [1.54, 1.807) is 0 Å². The molecule has 142 valence electrons. The molecular weight excluding hydrogens is 330 g/mol. The summed E-state index contributed by atoms with van der Waals surface area (Å²) in [7, 11) is 0.